The molecule has 7 heteroatoms. The fourth-order valence-electron chi connectivity index (χ4n) is 8.94. The summed E-state index contributed by atoms with van der Waals surface area (Å²) >= 11 is 0. The quantitative estimate of drug-likeness (QED) is 0.349. The minimum atomic E-state index is -0.660. The molecule has 0 aliphatic heterocycles. The zero-order chi connectivity index (χ0) is 25.6. The average Bonchev–Trinajstić information content (AvgIpc) is 3.24. The molecule has 1 aromatic carbocycles. The standard InChI is InChI=1S/C29H41N5O2/c1-18-6-8-22-20(14-18)7-9-24-23(22)12-13-29(2)25(24)10-11-26(29)27(35)17-33(31)28(36)34(32)21-5-3-4-19(15-21)16-30/h3-5,15,18,20,22-26H,6-14,17,31-32H2,1-2H3. The van der Waals surface area contributed by atoms with Crippen LogP contribution in [0, 0.1) is 58.2 Å². The van der Waals surface area contributed by atoms with E-state index in [2.05, 4.69) is 13.8 Å². The summed E-state index contributed by atoms with van der Waals surface area (Å²) in [6.45, 7) is 4.62. The lowest BCUT2D eigenvalue weighted by Crippen LogP contribution is -2.54. The van der Waals surface area contributed by atoms with Crippen LogP contribution >= 0.6 is 0 Å². The molecule has 2 amide bonds. The Balaban J connectivity index is 1.24. The summed E-state index contributed by atoms with van der Waals surface area (Å²) in [5.74, 6) is 17.0. The topological polar surface area (TPSA) is 116 Å². The van der Waals surface area contributed by atoms with E-state index in [1.165, 1.54) is 44.6 Å². The van der Waals surface area contributed by atoms with Crippen molar-refractivity contribution in [2.24, 2.45) is 58.5 Å². The highest BCUT2D eigenvalue weighted by Crippen LogP contribution is 2.64. The third kappa shape index (κ3) is 4.33. The van der Waals surface area contributed by atoms with Crippen molar-refractivity contribution in [3.05, 3.63) is 29.8 Å². The van der Waals surface area contributed by atoms with Crippen LogP contribution in [-0.2, 0) is 4.79 Å². The molecule has 4 saturated carbocycles. The molecule has 194 valence electrons. The third-order valence-corrected chi connectivity index (χ3v) is 10.6. The second-order valence-corrected chi connectivity index (χ2v) is 12.4. The highest BCUT2D eigenvalue weighted by atomic mass is 16.2. The van der Waals surface area contributed by atoms with Crippen molar-refractivity contribution in [1.82, 2.24) is 5.01 Å². The van der Waals surface area contributed by atoms with E-state index in [-0.39, 0.29) is 23.7 Å². The van der Waals surface area contributed by atoms with Gasteiger partial charge in [-0.05, 0) is 110 Å². The summed E-state index contributed by atoms with van der Waals surface area (Å²) in [6.07, 6.45) is 11.2. The molecule has 8 atom stereocenters. The van der Waals surface area contributed by atoms with Crippen molar-refractivity contribution in [3.8, 4) is 6.07 Å². The molecule has 4 aliphatic rings. The normalized spacial score (nSPS) is 37.1. The van der Waals surface area contributed by atoms with E-state index in [9.17, 15) is 9.59 Å². The number of hydrazine groups is 2. The molecular formula is C29H41N5O2. The van der Waals surface area contributed by atoms with Gasteiger partial charge in [-0.1, -0.05) is 26.3 Å². The number of ketones is 1. The molecule has 0 spiro atoms. The van der Waals surface area contributed by atoms with E-state index < -0.39 is 6.03 Å². The lowest BCUT2D eigenvalue weighted by molar-refractivity contribution is -0.131. The van der Waals surface area contributed by atoms with Crippen LogP contribution in [-0.4, -0.2) is 23.4 Å². The van der Waals surface area contributed by atoms with Gasteiger partial charge in [0.15, 0.2) is 5.78 Å². The maximum absolute atomic E-state index is 13.5. The fraction of sp³-hybridized carbons (Fsp3) is 0.690. The minimum absolute atomic E-state index is 0.000458. The van der Waals surface area contributed by atoms with E-state index >= 15 is 0 Å². The Labute approximate surface area is 215 Å². The van der Waals surface area contributed by atoms with E-state index in [0.29, 0.717) is 17.2 Å². The lowest BCUT2D eigenvalue weighted by Gasteiger charge is -2.56. The molecule has 4 fully saturated rings. The molecule has 0 heterocycles. The van der Waals surface area contributed by atoms with Gasteiger partial charge in [0.05, 0.1) is 23.9 Å². The Bertz CT molecular complexity index is 1050. The van der Waals surface area contributed by atoms with E-state index in [4.69, 9.17) is 16.9 Å². The van der Waals surface area contributed by atoms with Gasteiger partial charge in [-0.2, -0.15) is 5.26 Å². The molecule has 36 heavy (non-hydrogen) atoms. The Morgan fingerprint density at radius 2 is 1.83 bits per heavy atom. The lowest BCUT2D eigenvalue weighted by atomic mass is 9.49. The molecule has 8 unspecified atom stereocenters. The number of Topliss-reactive ketones (excluding diaryl/α,β-unsaturated/α-hetero) is 1. The number of fused-ring (bicyclic) bond motifs is 5. The Hall–Kier alpha value is -2.43. The Kier molecular flexibility index (Phi) is 6.86. The van der Waals surface area contributed by atoms with Gasteiger partial charge in [-0.25, -0.2) is 21.5 Å². The van der Waals surface area contributed by atoms with Crippen LogP contribution in [0.4, 0.5) is 10.5 Å². The molecule has 0 saturated heterocycles. The van der Waals surface area contributed by atoms with Crippen molar-refractivity contribution < 1.29 is 9.59 Å². The number of amides is 2. The molecule has 0 bridgehead atoms. The first-order valence-corrected chi connectivity index (χ1v) is 13.9. The van der Waals surface area contributed by atoms with Crippen LogP contribution in [0.5, 0.6) is 0 Å². The number of carbonyl (C=O) groups is 2. The predicted molar refractivity (Wildman–Crippen MR) is 139 cm³/mol. The van der Waals surface area contributed by atoms with Crippen LogP contribution in [0.3, 0.4) is 0 Å². The SMILES string of the molecule is CC1CCC2C(CCC3C2CCC2(C)C(C(=O)CN(N)C(=O)N(N)c4cccc(C#N)c4)CCC32)C1. The second kappa shape index (κ2) is 9.79. The molecule has 7 nitrogen and oxygen atoms in total. The van der Waals surface area contributed by atoms with Crippen molar-refractivity contribution in [1.29, 1.82) is 5.26 Å². The maximum Gasteiger partial charge on any atom is 0.353 e. The van der Waals surface area contributed by atoms with Crippen LogP contribution in [0.2, 0.25) is 0 Å². The van der Waals surface area contributed by atoms with E-state index in [0.717, 1.165) is 58.9 Å². The van der Waals surface area contributed by atoms with E-state index in [1.54, 1.807) is 18.2 Å². The number of carbonyl (C=O) groups excluding carboxylic acids is 2. The zero-order valence-electron chi connectivity index (χ0n) is 21.7. The molecule has 4 N–H and O–H groups in total. The maximum atomic E-state index is 13.5. The van der Waals surface area contributed by atoms with Gasteiger partial charge in [-0.15, -0.1) is 0 Å². The summed E-state index contributed by atoms with van der Waals surface area (Å²) in [5.41, 5.74) is 0.758. The van der Waals surface area contributed by atoms with Gasteiger partial charge in [0.2, 0.25) is 0 Å². The van der Waals surface area contributed by atoms with Crippen molar-refractivity contribution >= 4 is 17.5 Å². The number of urea groups is 1. The summed E-state index contributed by atoms with van der Waals surface area (Å²) in [7, 11) is 0. The van der Waals surface area contributed by atoms with Gasteiger partial charge in [0, 0.05) is 5.92 Å². The van der Waals surface area contributed by atoms with Crippen molar-refractivity contribution in [2.75, 3.05) is 11.6 Å². The van der Waals surface area contributed by atoms with Gasteiger partial charge >= 0.3 is 6.03 Å². The summed E-state index contributed by atoms with van der Waals surface area (Å²) in [5, 5.41) is 10.9. The summed E-state index contributed by atoms with van der Waals surface area (Å²) in [4.78, 5) is 26.4. The van der Waals surface area contributed by atoms with Gasteiger partial charge in [-0.3, -0.25) is 9.80 Å². The minimum Gasteiger partial charge on any atom is -0.297 e. The Morgan fingerprint density at radius 1 is 1.06 bits per heavy atom. The molecule has 4 aliphatic carbocycles. The number of rotatable bonds is 4. The highest BCUT2D eigenvalue weighted by Gasteiger charge is 2.58. The van der Waals surface area contributed by atoms with Crippen LogP contribution in [0.25, 0.3) is 0 Å². The summed E-state index contributed by atoms with van der Waals surface area (Å²) in [6, 6.07) is 7.83. The number of benzene rings is 1. The number of anilines is 1. The molecule has 0 aromatic heterocycles. The zero-order valence-corrected chi connectivity index (χ0v) is 21.7. The number of nitrogens with two attached hydrogens (primary N) is 2. The van der Waals surface area contributed by atoms with Gasteiger partial charge < -0.3 is 0 Å². The number of hydrogen-bond acceptors (Lipinski definition) is 5. The number of hydrogen-bond donors (Lipinski definition) is 2. The van der Waals surface area contributed by atoms with Crippen LogP contribution < -0.4 is 16.7 Å². The molecular weight excluding hydrogens is 450 g/mol. The monoisotopic (exact) mass is 491 g/mol. The van der Waals surface area contributed by atoms with Crippen molar-refractivity contribution in [3.63, 3.8) is 0 Å². The van der Waals surface area contributed by atoms with Crippen molar-refractivity contribution in [2.45, 2.75) is 71.6 Å². The van der Waals surface area contributed by atoms with Crippen LogP contribution in [0.15, 0.2) is 24.3 Å². The summed E-state index contributed by atoms with van der Waals surface area (Å²) < 4.78 is 0. The van der Waals surface area contributed by atoms with Gasteiger partial charge in [0.25, 0.3) is 0 Å². The molecule has 1 aromatic rings. The largest absolute Gasteiger partial charge is 0.353 e. The first-order valence-electron chi connectivity index (χ1n) is 13.9. The smallest absolute Gasteiger partial charge is 0.297 e. The molecule has 0 radical (unpaired) electrons. The third-order valence-electron chi connectivity index (χ3n) is 10.6. The Morgan fingerprint density at radius 3 is 2.61 bits per heavy atom. The molecule has 5 rings (SSSR count). The second-order valence-electron chi connectivity index (χ2n) is 12.4. The fourth-order valence-corrected chi connectivity index (χ4v) is 8.94. The average molecular weight is 492 g/mol. The predicted octanol–water partition coefficient (Wildman–Crippen LogP) is 5.01. The highest BCUT2D eigenvalue weighted by molar-refractivity contribution is 5.94. The first kappa shape index (κ1) is 25.2. The van der Waals surface area contributed by atoms with Crippen LogP contribution in [0.1, 0.15) is 77.2 Å². The van der Waals surface area contributed by atoms with E-state index in [1.807, 2.05) is 6.07 Å². The van der Waals surface area contributed by atoms with Gasteiger partial charge in [0.1, 0.15) is 0 Å². The number of nitriles is 1. The number of nitrogens with zero attached hydrogens (tertiary/aromatic N) is 3. The first-order chi connectivity index (χ1) is 17.2.